The molecule has 0 aliphatic heterocycles. The number of carbonyl (C=O) groups is 1. The smallest absolute Gasteiger partial charge is 0.222 e. The second kappa shape index (κ2) is 5.82. The number of hydrogen-bond acceptors (Lipinski definition) is 3. The average molecular weight is 237 g/mol. The van der Waals surface area contributed by atoms with Gasteiger partial charge in [-0.1, -0.05) is 12.8 Å². The number of nitrogens with one attached hydrogen (secondary N) is 1. The summed E-state index contributed by atoms with van der Waals surface area (Å²) in [6.45, 7) is 0.634. The Morgan fingerprint density at radius 1 is 1.47 bits per heavy atom. The van der Waals surface area contributed by atoms with Crippen molar-refractivity contribution in [3.05, 3.63) is 18.7 Å². The fourth-order valence-corrected chi connectivity index (χ4v) is 2.21. The number of aliphatic hydroxyl groups excluding tert-OH is 1. The van der Waals surface area contributed by atoms with Crippen molar-refractivity contribution in [2.24, 2.45) is 0 Å². The molecule has 0 unspecified atom stereocenters. The van der Waals surface area contributed by atoms with Crippen LogP contribution in [0.4, 0.5) is 0 Å². The summed E-state index contributed by atoms with van der Waals surface area (Å²) in [4.78, 5) is 15.6. The van der Waals surface area contributed by atoms with E-state index >= 15 is 0 Å². The lowest BCUT2D eigenvalue weighted by Crippen LogP contribution is -2.45. The number of nitrogens with zero attached hydrogens (tertiary/aromatic N) is 2. The minimum absolute atomic E-state index is 0.00431. The molecule has 1 aliphatic carbocycles. The second-order valence-corrected chi connectivity index (χ2v) is 4.58. The minimum atomic E-state index is -0.374. The van der Waals surface area contributed by atoms with Gasteiger partial charge in [0.1, 0.15) is 0 Å². The van der Waals surface area contributed by atoms with E-state index in [9.17, 15) is 9.90 Å². The van der Waals surface area contributed by atoms with Gasteiger partial charge in [0, 0.05) is 25.4 Å². The van der Waals surface area contributed by atoms with E-state index in [1.807, 2.05) is 10.8 Å². The van der Waals surface area contributed by atoms with Crippen LogP contribution >= 0.6 is 0 Å². The molecule has 1 aromatic heterocycles. The van der Waals surface area contributed by atoms with Crippen LogP contribution in [0.2, 0.25) is 0 Å². The summed E-state index contributed by atoms with van der Waals surface area (Å²) in [5, 5.41) is 12.6. The summed E-state index contributed by atoms with van der Waals surface area (Å²) in [6.07, 6.45) is 9.12. The van der Waals surface area contributed by atoms with Gasteiger partial charge in [0.05, 0.1) is 18.5 Å². The number of aliphatic hydroxyl groups is 1. The van der Waals surface area contributed by atoms with E-state index in [0.717, 1.165) is 25.7 Å². The molecule has 5 heteroatoms. The van der Waals surface area contributed by atoms with E-state index in [1.54, 1.807) is 12.5 Å². The SMILES string of the molecule is O=C(CCn1ccnc1)N[C@H]1CCCC[C@@H]1O. The predicted octanol–water partition coefficient (Wildman–Crippen LogP) is 0.693. The zero-order valence-electron chi connectivity index (χ0n) is 9.88. The highest BCUT2D eigenvalue weighted by molar-refractivity contribution is 5.76. The quantitative estimate of drug-likeness (QED) is 0.809. The van der Waals surface area contributed by atoms with Crippen molar-refractivity contribution in [2.45, 2.75) is 50.8 Å². The summed E-state index contributed by atoms with van der Waals surface area (Å²) in [6, 6.07) is -0.0564. The summed E-state index contributed by atoms with van der Waals surface area (Å²) in [7, 11) is 0. The Labute approximate surface area is 101 Å². The van der Waals surface area contributed by atoms with Crippen molar-refractivity contribution in [1.29, 1.82) is 0 Å². The Kier molecular flexibility index (Phi) is 4.14. The molecule has 94 valence electrons. The molecule has 1 amide bonds. The molecule has 1 heterocycles. The maximum absolute atomic E-state index is 11.7. The first-order valence-electron chi connectivity index (χ1n) is 6.19. The molecule has 1 fully saturated rings. The molecule has 0 bridgehead atoms. The lowest BCUT2D eigenvalue weighted by Gasteiger charge is -2.28. The molecular weight excluding hydrogens is 218 g/mol. The van der Waals surface area contributed by atoms with E-state index in [2.05, 4.69) is 10.3 Å². The molecule has 0 saturated heterocycles. The van der Waals surface area contributed by atoms with Gasteiger partial charge in [-0.15, -0.1) is 0 Å². The Hall–Kier alpha value is -1.36. The monoisotopic (exact) mass is 237 g/mol. The zero-order chi connectivity index (χ0) is 12.1. The molecular formula is C12H19N3O2. The molecule has 5 nitrogen and oxygen atoms in total. The van der Waals surface area contributed by atoms with E-state index in [0.29, 0.717) is 13.0 Å². The number of hydrogen-bond donors (Lipinski definition) is 2. The number of aryl methyl sites for hydroxylation is 1. The highest BCUT2D eigenvalue weighted by Crippen LogP contribution is 2.18. The minimum Gasteiger partial charge on any atom is -0.391 e. The van der Waals surface area contributed by atoms with Gasteiger partial charge in [-0.2, -0.15) is 0 Å². The predicted molar refractivity (Wildman–Crippen MR) is 63.2 cm³/mol. The number of amides is 1. The number of rotatable bonds is 4. The first kappa shape index (κ1) is 12.1. The van der Waals surface area contributed by atoms with Crippen LogP contribution in [0, 0.1) is 0 Å². The third-order valence-corrected chi connectivity index (χ3v) is 3.23. The van der Waals surface area contributed by atoms with Crippen LogP contribution in [0.25, 0.3) is 0 Å². The molecule has 2 atom stereocenters. The van der Waals surface area contributed by atoms with Gasteiger partial charge in [0.25, 0.3) is 0 Å². The largest absolute Gasteiger partial charge is 0.391 e. The van der Waals surface area contributed by atoms with E-state index in [-0.39, 0.29) is 18.1 Å². The fraction of sp³-hybridized carbons (Fsp3) is 0.667. The first-order valence-corrected chi connectivity index (χ1v) is 6.19. The highest BCUT2D eigenvalue weighted by atomic mass is 16.3. The van der Waals surface area contributed by atoms with Crippen LogP contribution < -0.4 is 5.32 Å². The lowest BCUT2D eigenvalue weighted by molar-refractivity contribution is -0.123. The number of imidazole rings is 1. The summed E-state index contributed by atoms with van der Waals surface area (Å²) >= 11 is 0. The molecule has 0 spiro atoms. The van der Waals surface area contributed by atoms with Crippen molar-refractivity contribution in [1.82, 2.24) is 14.9 Å². The van der Waals surface area contributed by atoms with Gasteiger partial charge in [0.2, 0.25) is 5.91 Å². The van der Waals surface area contributed by atoms with Crippen LogP contribution in [0.3, 0.4) is 0 Å². The van der Waals surface area contributed by atoms with Crippen LogP contribution in [-0.2, 0) is 11.3 Å². The Bertz CT molecular complexity index is 351. The van der Waals surface area contributed by atoms with Crippen LogP contribution in [-0.4, -0.2) is 32.7 Å². The molecule has 17 heavy (non-hydrogen) atoms. The molecule has 1 aliphatic rings. The number of carbonyl (C=O) groups excluding carboxylic acids is 1. The van der Waals surface area contributed by atoms with Gasteiger partial charge in [-0.05, 0) is 12.8 Å². The Morgan fingerprint density at radius 3 is 3.00 bits per heavy atom. The molecule has 2 rings (SSSR count). The molecule has 2 N–H and O–H groups in total. The first-order chi connectivity index (χ1) is 8.25. The lowest BCUT2D eigenvalue weighted by atomic mass is 9.92. The summed E-state index contributed by atoms with van der Waals surface area (Å²) in [5.41, 5.74) is 0. The summed E-state index contributed by atoms with van der Waals surface area (Å²) < 4.78 is 1.87. The van der Waals surface area contributed by atoms with Crippen molar-refractivity contribution in [3.8, 4) is 0 Å². The molecule has 0 aromatic carbocycles. The van der Waals surface area contributed by atoms with Gasteiger partial charge >= 0.3 is 0 Å². The van der Waals surface area contributed by atoms with E-state index < -0.39 is 0 Å². The van der Waals surface area contributed by atoms with Crippen LogP contribution in [0.15, 0.2) is 18.7 Å². The van der Waals surface area contributed by atoms with Crippen molar-refractivity contribution in [2.75, 3.05) is 0 Å². The van der Waals surface area contributed by atoms with Crippen molar-refractivity contribution in [3.63, 3.8) is 0 Å². The summed E-state index contributed by atoms with van der Waals surface area (Å²) in [5.74, 6) is 0.00431. The van der Waals surface area contributed by atoms with Gasteiger partial charge in [0.15, 0.2) is 0 Å². The van der Waals surface area contributed by atoms with Crippen molar-refractivity contribution < 1.29 is 9.90 Å². The van der Waals surface area contributed by atoms with Crippen molar-refractivity contribution >= 4 is 5.91 Å². The standard InChI is InChI=1S/C12H19N3O2/c16-11-4-2-1-3-10(11)14-12(17)5-7-15-8-6-13-9-15/h6,8-11,16H,1-5,7H2,(H,14,17)/t10-,11-/m0/s1. The zero-order valence-corrected chi connectivity index (χ0v) is 9.88. The number of aromatic nitrogens is 2. The maximum atomic E-state index is 11.7. The average Bonchev–Trinajstić information content (AvgIpc) is 2.82. The molecule has 1 saturated carbocycles. The van der Waals surface area contributed by atoms with Gasteiger partial charge < -0.3 is 15.0 Å². The highest BCUT2D eigenvalue weighted by Gasteiger charge is 2.24. The third-order valence-electron chi connectivity index (χ3n) is 3.23. The second-order valence-electron chi connectivity index (χ2n) is 4.58. The van der Waals surface area contributed by atoms with Gasteiger partial charge in [-0.25, -0.2) is 4.98 Å². The molecule has 1 aromatic rings. The van der Waals surface area contributed by atoms with Gasteiger partial charge in [-0.3, -0.25) is 4.79 Å². The van der Waals surface area contributed by atoms with Crippen LogP contribution in [0.1, 0.15) is 32.1 Å². The third kappa shape index (κ3) is 3.56. The van der Waals surface area contributed by atoms with E-state index in [4.69, 9.17) is 0 Å². The Balaban J connectivity index is 1.73. The maximum Gasteiger partial charge on any atom is 0.222 e. The van der Waals surface area contributed by atoms with Crippen LogP contribution in [0.5, 0.6) is 0 Å². The fourth-order valence-electron chi connectivity index (χ4n) is 2.21. The topological polar surface area (TPSA) is 67.2 Å². The molecule has 0 radical (unpaired) electrons. The normalized spacial score (nSPS) is 24.5. The Morgan fingerprint density at radius 2 is 2.29 bits per heavy atom. The van der Waals surface area contributed by atoms with E-state index in [1.165, 1.54) is 0 Å².